The SMILES string of the molecule is O=C(O)c1cc(Cl)cn1-c1cccc(F)c1. The Labute approximate surface area is 95.7 Å². The van der Waals surface area contributed by atoms with E-state index in [-0.39, 0.29) is 5.69 Å². The second-order valence-electron chi connectivity index (χ2n) is 3.20. The van der Waals surface area contributed by atoms with Gasteiger partial charge in [0.05, 0.1) is 5.02 Å². The number of carbonyl (C=O) groups is 1. The summed E-state index contributed by atoms with van der Waals surface area (Å²) in [4.78, 5) is 10.9. The van der Waals surface area contributed by atoms with E-state index in [2.05, 4.69) is 0 Å². The summed E-state index contributed by atoms with van der Waals surface area (Å²) in [6.45, 7) is 0. The van der Waals surface area contributed by atoms with Gasteiger partial charge in [-0.2, -0.15) is 0 Å². The van der Waals surface area contributed by atoms with Crippen molar-refractivity contribution in [3.05, 3.63) is 53.1 Å². The van der Waals surface area contributed by atoms with Gasteiger partial charge in [-0.25, -0.2) is 9.18 Å². The lowest BCUT2D eigenvalue weighted by atomic mass is 10.3. The summed E-state index contributed by atoms with van der Waals surface area (Å²) in [7, 11) is 0. The quantitative estimate of drug-likeness (QED) is 0.876. The number of hydrogen-bond donors (Lipinski definition) is 1. The average molecular weight is 240 g/mol. The van der Waals surface area contributed by atoms with Crippen LogP contribution in [0.1, 0.15) is 10.5 Å². The average Bonchev–Trinajstić information content (AvgIpc) is 2.60. The van der Waals surface area contributed by atoms with Gasteiger partial charge in [0.1, 0.15) is 11.5 Å². The molecule has 3 nitrogen and oxygen atoms in total. The van der Waals surface area contributed by atoms with E-state index >= 15 is 0 Å². The van der Waals surface area contributed by atoms with Crippen molar-refractivity contribution in [2.45, 2.75) is 0 Å². The molecule has 0 atom stereocenters. The molecule has 0 spiro atoms. The highest BCUT2D eigenvalue weighted by atomic mass is 35.5. The van der Waals surface area contributed by atoms with Gasteiger partial charge in [-0.1, -0.05) is 17.7 Å². The van der Waals surface area contributed by atoms with E-state index in [4.69, 9.17) is 16.7 Å². The summed E-state index contributed by atoms with van der Waals surface area (Å²) in [5.41, 5.74) is 0.417. The Balaban J connectivity index is 2.59. The Kier molecular flexibility index (Phi) is 2.66. The molecule has 0 aliphatic heterocycles. The maximum atomic E-state index is 13.0. The summed E-state index contributed by atoms with van der Waals surface area (Å²) in [6, 6.07) is 6.95. The Morgan fingerprint density at radius 2 is 2.12 bits per heavy atom. The van der Waals surface area contributed by atoms with E-state index in [1.807, 2.05) is 0 Å². The molecule has 0 bridgehead atoms. The standard InChI is InChI=1S/C11H7ClFNO2/c12-7-4-10(11(15)16)14(6-7)9-3-1-2-8(13)5-9/h1-6H,(H,15,16). The number of rotatable bonds is 2. The highest BCUT2D eigenvalue weighted by molar-refractivity contribution is 6.31. The van der Waals surface area contributed by atoms with Crippen LogP contribution in [0.5, 0.6) is 0 Å². The van der Waals surface area contributed by atoms with Gasteiger partial charge in [-0.3, -0.25) is 0 Å². The molecule has 0 unspecified atom stereocenters. The third-order valence-electron chi connectivity index (χ3n) is 2.09. The number of aromatic nitrogens is 1. The lowest BCUT2D eigenvalue weighted by Gasteiger charge is -2.05. The molecule has 1 aromatic heterocycles. The molecule has 0 aliphatic rings. The zero-order valence-electron chi connectivity index (χ0n) is 8.02. The molecule has 0 radical (unpaired) electrons. The van der Waals surface area contributed by atoms with E-state index in [9.17, 15) is 9.18 Å². The Morgan fingerprint density at radius 1 is 1.38 bits per heavy atom. The zero-order chi connectivity index (χ0) is 11.7. The van der Waals surface area contributed by atoms with Gasteiger partial charge in [0.15, 0.2) is 0 Å². The van der Waals surface area contributed by atoms with Crippen molar-refractivity contribution in [1.29, 1.82) is 0 Å². The summed E-state index contributed by atoms with van der Waals surface area (Å²) >= 11 is 5.72. The zero-order valence-corrected chi connectivity index (χ0v) is 8.78. The van der Waals surface area contributed by atoms with Crippen LogP contribution in [0.3, 0.4) is 0 Å². The summed E-state index contributed by atoms with van der Waals surface area (Å²) in [5.74, 6) is -1.55. The number of carboxylic acid groups (broad SMARTS) is 1. The van der Waals surface area contributed by atoms with Crippen LogP contribution in [0.15, 0.2) is 36.5 Å². The first kappa shape index (κ1) is 10.7. The second-order valence-corrected chi connectivity index (χ2v) is 3.64. The maximum absolute atomic E-state index is 13.0. The Hall–Kier alpha value is -1.81. The topological polar surface area (TPSA) is 42.2 Å². The minimum absolute atomic E-state index is 0.00407. The third-order valence-corrected chi connectivity index (χ3v) is 2.30. The van der Waals surface area contributed by atoms with Crippen molar-refractivity contribution in [3.63, 3.8) is 0 Å². The van der Waals surface area contributed by atoms with Crippen LogP contribution in [-0.4, -0.2) is 15.6 Å². The number of benzene rings is 1. The molecular weight excluding hydrogens is 233 g/mol. The van der Waals surface area contributed by atoms with Crippen LogP contribution < -0.4 is 0 Å². The van der Waals surface area contributed by atoms with Crippen molar-refractivity contribution in [3.8, 4) is 5.69 Å². The van der Waals surface area contributed by atoms with Crippen LogP contribution in [0.2, 0.25) is 5.02 Å². The fourth-order valence-corrected chi connectivity index (χ4v) is 1.64. The van der Waals surface area contributed by atoms with Gasteiger partial charge in [0.25, 0.3) is 0 Å². The molecule has 5 heteroatoms. The molecule has 2 aromatic rings. The number of halogens is 2. The smallest absolute Gasteiger partial charge is 0.352 e. The molecule has 0 amide bonds. The largest absolute Gasteiger partial charge is 0.477 e. The van der Waals surface area contributed by atoms with Crippen molar-refractivity contribution < 1.29 is 14.3 Å². The molecule has 1 heterocycles. The molecule has 0 saturated heterocycles. The number of nitrogens with zero attached hydrogens (tertiary/aromatic N) is 1. The summed E-state index contributed by atoms with van der Waals surface area (Å²) < 4.78 is 14.3. The fraction of sp³-hybridized carbons (Fsp3) is 0. The highest BCUT2D eigenvalue weighted by Crippen LogP contribution is 2.19. The number of aromatic carboxylic acids is 1. The molecule has 1 aromatic carbocycles. The molecule has 1 N–H and O–H groups in total. The van der Waals surface area contributed by atoms with E-state index in [0.29, 0.717) is 10.7 Å². The first-order chi connectivity index (χ1) is 7.58. The molecule has 0 saturated carbocycles. The van der Waals surface area contributed by atoms with Gasteiger partial charge in [0.2, 0.25) is 0 Å². The van der Waals surface area contributed by atoms with Crippen LogP contribution >= 0.6 is 11.6 Å². The Morgan fingerprint density at radius 3 is 2.75 bits per heavy atom. The number of hydrogen-bond acceptors (Lipinski definition) is 1. The minimum atomic E-state index is -1.11. The lowest BCUT2D eigenvalue weighted by molar-refractivity contribution is 0.0688. The van der Waals surface area contributed by atoms with Gasteiger partial charge in [0, 0.05) is 11.9 Å². The molecule has 0 aliphatic carbocycles. The van der Waals surface area contributed by atoms with E-state index in [0.717, 1.165) is 0 Å². The highest BCUT2D eigenvalue weighted by Gasteiger charge is 2.13. The van der Waals surface area contributed by atoms with Crippen LogP contribution in [0.4, 0.5) is 4.39 Å². The summed E-state index contributed by atoms with van der Waals surface area (Å²) in [5, 5.41) is 9.23. The van der Waals surface area contributed by atoms with Crippen molar-refractivity contribution >= 4 is 17.6 Å². The maximum Gasteiger partial charge on any atom is 0.352 e. The third kappa shape index (κ3) is 1.92. The lowest BCUT2D eigenvalue weighted by Crippen LogP contribution is -2.05. The molecular formula is C11H7ClFNO2. The van der Waals surface area contributed by atoms with Gasteiger partial charge in [-0.15, -0.1) is 0 Å². The first-order valence-electron chi connectivity index (χ1n) is 4.45. The van der Waals surface area contributed by atoms with Crippen LogP contribution in [-0.2, 0) is 0 Å². The van der Waals surface area contributed by atoms with Gasteiger partial charge in [-0.05, 0) is 24.3 Å². The molecule has 82 valence electrons. The predicted octanol–water partition coefficient (Wildman–Crippen LogP) is 2.97. The van der Waals surface area contributed by atoms with Crippen molar-refractivity contribution in [2.24, 2.45) is 0 Å². The summed E-state index contributed by atoms with van der Waals surface area (Å²) in [6.07, 6.45) is 1.43. The second kappa shape index (κ2) is 3.98. The molecule has 0 fully saturated rings. The Bertz CT molecular complexity index is 551. The minimum Gasteiger partial charge on any atom is -0.477 e. The van der Waals surface area contributed by atoms with E-state index < -0.39 is 11.8 Å². The van der Waals surface area contributed by atoms with Crippen LogP contribution in [0, 0.1) is 5.82 Å². The van der Waals surface area contributed by atoms with Crippen molar-refractivity contribution in [1.82, 2.24) is 4.57 Å². The molecule has 2 rings (SSSR count). The molecule has 16 heavy (non-hydrogen) atoms. The normalized spacial score (nSPS) is 10.4. The van der Waals surface area contributed by atoms with Crippen molar-refractivity contribution in [2.75, 3.05) is 0 Å². The van der Waals surface area contributed by atoms with E-state index in [1.54, 1.807) is 6.07 Å². The number of carboxylic acids is 1. The van der Waals surface area contributed by atoms with Gasteiger partial charge < -0.3 is 9.67 Å². The predicted molar refractivity (Wildman–Crippen MR) is 57.7 cm³/mol. The van der Waals surface area contributed by atoms with E-state index in [1.165, 1.54) is 35.0 Å². The van der Waals surface area contributed by atoms with Crippen LogP contribution in [0.25, 0.3) is 5.69 Å². The monoisotopic (exact) mass is 239 g/mol. The van der Waals surface area contributed by atoms with Gasteiger partial charge >= 0.3 is 5.97 Å². The first-order valence-corrected chi connectivity index (χ1v) is 4.83. The fourth-order valence-electron chi connectivity index (χ4n) is 1.43.